The lowest BCUT2D eigenvalue weighted by Gasteiger charge is -2.38. The number of amides is 1. The molecular formula is C21H26FN3O2. The lowest BCUT2D eigenvalue weighted by Crippen LogP contribution is -2.55. The summed E-state index contributed by atoms with van der Waals surface area (Å²) >= 11 is 0. The molecule has 4 rings (SSSR count). The van der Waals surface area contributed by atoms with Crippen LogP contribution < -0.4 is 5.32 Å². The molecule has 6 heteroatoms. The van der Waals surface area contributed by atoms with E-state index in [1.165, 1.54) is 12.1 Å². The lowest BCUT2D eigenvalue weighted by molar-refractivity contribution is -0.123. The topological polar surface area (TPSA) is 58.4 Å². The second-order valence-electron chi connectivity index (χ2n) is 8.03. The zero-order valence-corrected chi connectivity index (χ0v) is 15.9. The number of carbonyl (C=O) groups excluding carboxylic acids is 1. The second-order valence-corrected chi connectivity index (χ2v) is 8.03. The van der Waals surface area contributed by atoms with Gasteiger partial charge in [-0.25, -0.2) is 9.37 Å². The van der Waals surface area contributed by atoms with E-state index in [0.29, 0.717) is 18.9 Å². The summed E-state index contributed by atoms with van der Waals surface area (Å²) in [6.45, 7) is 4.63. The van der Waals surface area contributed by atoms with Crippen molar-refractivity contribution in [3.8, 4) is 0 Å². The summed E-state index contributed by atoms with van der Waals surface area (Å²) in [6.07, 6.45) is 6.05. The van der Waals surface area contributed by atoms with Crippen molar-refractivity contribution in [2.45, 2.75) is 70.1 Å². The van der Waals surface area contributed by atoms with Gasteiger partial charge in [0.05, 0.1) is 11.2 Å². The quantitative estimate of drug-likeness (QED) is 0.889. The van der Waals surface area contributed by atoms with Crippen molar-refractivity contribution < 1.29 is 13.6 Å². The van der Waals surface area contributed by atoms with Crippen molar-refractivity contribution >= 4 is 5.91 Å². The first-order valence-corrected chi connectivity index (χ1v) is 9.68. The van der Waals surface area contributed by atoms with Gasteiger partial charge in [-0.2, -0.15) is 0 Å². The van der Waals surface area contributed by atoms with Gasteiger partial charge in [-0.05, 0) is 43.9 Å². The fourth-order valence-electron chi connectivity index (χ4n) is 4.74. The number of benzene rings is 1. The molecule has 2 aliphatic heterocycles. The van der Waals surface area contributed by atoms with Gasteiger partial charge in [0.2, 0.25) is 5.91 Å². The Morgan fingerprint density at radius 2 is 2.11 bits per heavy atom. The van der Waals surface area contributed by atoms with E-state index in [9.17, 15) is 9.18 Å². The van der Waals surface area contributed by atoms with Gasteiger partial charge in [0.25, 0.3) is 0 Å². The number of nitrogens with one attached hydrogen (secondary N) is 1. The highest BCUT2D eigenvalue weighted by atomic mass is 19.1. The predicted octanol–water partition coefficient (Wildman–Crippen LogP) is 3.89. The third kappa shape index (κ3) is 3.63. The molecule has 0 spiro atoms. The molecule has 144 valence electrons. The van der Waals surface area contributed by atoms with Crippen LogP contribution in [0.25, 0.3) is 0 Å². The Hall–Kier alpha value is -2.21. The molecule has 2 fully saturated rings. The summed E-state index contributed by atoms with van der Waals surface area (Å²) in [6, 6.07) is 7.02. The van der Waals surface area contributed by atoms with Crippen molar-refractivity contribution in [3.63, 3.8) is 0 Å². The normalized spacial score (nSPS) is 29.1. The van der Waals surface area contributed by atoms with Crippen molar-refractivity contribution in [1.82, 2.24) is 15.2 Å². The molecule has 0 aliphatic carbocycles. The van der Waals surface area contributed by atoms with Crippen molar-refractivity contribution in [2.24, 2.45) is 0 Å². The van der Waals surface area contributed by atoms with Gasteiger partial charge in [0.15, 0.2) is 5.89 Å². The number of rotatable bonds is 3. The minimum absolute atomic E-state index is 0.0935. The Balaban J connectivity index is 1.70. The number of likely N-dealkylation sites (tertiary alicyclic amines) is 1. The Labute approximate surface area is 159 Å². The zero-order chi connectivity index (χ0) is 19.0. The van der Waals surface area contributed by atoms with Crippen LogP contribution in [-0.2, 0) is 11.3 Å². The molecule has 1 amide bonds. The number of nitrogens with zero attached hydrogens (tertiary/aromatic N) is 2. The first-order chi connectivity index (χ1) is 12.9. The number of aryl methyl sites for hydroxylation is 1. The van der Waals surface area contributed by atoms with Gasteiger partial charge in [-0.3, -0.25) is 9.69 Å². The van der Waals surface area contributed by atoms with Crippen molar-refractivity contribution in [1.29, 1.82) is 0 Å². The number of hydrogen-bond donors (Lipinski definition) is 1. The van der Waals surface area contributed by atoms with Crippen LogP contribution in [0.3, 0.4) is 0 Å². The molecule has 0 unspecified atom stereocenters. The SMILES string of the molecule is Cc1nc(CN2[C@H]3CCCCC(=O)N[C@@]3(C)C[C@H]2c2ccc(F)cc2)co1. The summed E-state index contributed by atoms with van der Waals surface area (Å²) in [5.41, 5.74) is 1.64. The minimum atomic E-state index is -0.310. The highest BCUT2D eigenvalue weighted by molar-refractivity contribution is 5.77. The summed E-state index contributed by atoms with van der Waals surface area (Å²) in [4.78, 5) is 19.2. The molecule has 2 saturated heterocycles. The average Bonchev–Trinajstić information content (AvgIpc) is 3.13. The number of fused-ring (bicyclic) bond motifs is 1. The van der Waals surface area contributed by atoms with Gasteiger partial charge < -0.3 is 9.73 Å². The van der Waals surface area contributed by atoms with Crippen LogP contribution in [-0.4, -0.2) is 27.4 Å². The Morgan fingerprint density at radius 3 is 2.81 bits per heavy atom. The highest BCUT2D eigenvalue weighted by Gasteiger charge is 2.50. The van der Waals surface area contributed by atoms with Gasteiger partial charge in [-0.1, -0.05) is 18.6 Å². The lowest BCUT2D eigenvalue weighted by atomic mass is 9.85. The van der Waals surface area contributed by atoms with Crippen molar-refractivity contribution in [3.05, 3.63) is 53.5 Å². The van der Waals surface area contributed by atoms with E-state index in [1.54, 1.807) is 6.26 Å². The molecule has 0 saturated carbocycles. The Bertz CT molecular complexity index is 819. The van der Waals surface area contributed by atoms with E-state index in [0.717, 1.165) is 36.9 Å². The first kappa shape index (κ1) is 18.2. The van der Waals surface area contributed by atoms with Gasteiger partial charge in [-0.15, -0.1) is 0 Å². The van der Waals surface area contributed by atoms with Crippen LogP contribution in [0.15, 0.2) is 34.9 Å². The number of oxazole rings is 1. The monoisotopic (exact) mass is 371 g/mol. The van der Waals surface area contributed by atoms with Crippen LogP contribution in [0.1, 0.15) is 62.2 Å². The largest absolute Gasteiger partial charge is 0.449 e. The second kappa shape index (κ2) is 7.08. The first-order valence-electron chi connectivity index (χ1n) is 9.68. The van der Waals surface area contributed by atoms with E-state index >= 15 is 0 Å². The summed E-state index contributed by atoms with van der Waals surface area (Å²) < 4.78 is 18.9. The van der Waals surface area contributed by atoms with Crippen LogP contribution in [0.4, 0.5) is 4.39 Å². The summed E-state index contributed by atoms with van der Waals surface area (Å²) in [5.74, 6) is 0.538. The van der Waals surface area contributed by atoms with Gasteiger partial charge in [0.1, 0.15) is 12.1 Å². The number of halogens is 1. The van der Waals surface area contributed by atoms with E-state index in [4.69, 9.17) is 4.42 Å². The molecule has 1 aromatic heterocycles. The standard InChI is InChI=1S/C21H26FN3O2/c1-14-23-17(13-27-14)12-25-18(15-7-9-16(22)10-8-15)11-21(2)19(25)5-3-4-6-20(26)24-21/h7-10,13,18-19H,3-6,11-12H2,1-2H3,(H,24,26)/t18-,19-,21-/m0/s1. The fraction of sp³-hybridized carbons (Fsp3) is 0.524. The Morgan fingerprint density at radius 1 is 1.33 bits per heavy atom. The molecule has 1 aromatic carbocycles. The van der Waals surface area contributed by atoms with Crippen LogP contribution in [0, 0.1) is 12.7 Å². The molecule has 3 atom stereocenters. The van der Waals surface area contributed by atoms with E-state index < -0.39 is 0 Å². The molecule has 2 aromatic rings. The minimum Gasteiger partial charge on any atom is -0.449 e. The molecule has 0 radical (unpaired) electrons. The predicted molar refractivity (Wildman–Crippen MR) is 99.3 cm³/mol. The van der Waals surface area contributed by atoms with Crippen LogP contribution in [0.5, 0.6) is 0 Å². The average molecular weight is 371 g/mol. The molecule has 5 nitrogen and oxygen atoms in total. The smallest absolute Gasteiger partial charge is 0.220 e. The fourth-order valence-corrected chi connectivity index (χ4v) is 4.74. The maximum absolute atomic E-state index is 13.5. The zero-order valence-electron chi connectivity index (χ0n) is 15.9. The van der Waals surface area contributed by atoms with Crippen LogP contribution in [0.2, 0.25) is 0 Å². The summed E-state index contributed by atoms with van der Waals surface area (Å²) in [7, 11) is 0. The third-order valence-corrected chi connectivity index (χ3v) is 5.98. The van der Waals surface area contributed by atoms with E-state index in [-0.39, 0.29) is 29.3 Å². The van der Waals surface area contributed by atoms with Gasteiger partial charge >= 0.3 is 0 Å². The molecule has 3 heterocycles. The molecule has 0 bridgehead atoms. The number of aromatic nitrogens is 1. The number of carbonyl (C=O) groups is 1. The number of hydrogen-bond acceptors (Lipinski definition) is 4. The summed E-state index contributed by atoms with van der Waals surface area (Å²) in [5, 5.41) is 3.29. The van der Waals surface area contributed by atoms with E-state index in [2.05, 4.69) is 22.1 Å². The third-order valence-electron chi connectivity index (χ3n) is 5.98. The van der Waals surface area contributed by atoms with Gasteiger partial charge in [0, 0.05) is 32.0 Å². The molecule has 2 aliphatic rings. The van der Waals surface area contributed by atoms with Crippen LogP contribution >= 0.6 is 0 Å². The highest BCUT2D eigenvalue weighted by Crippen LogP contribution is 2.45. The van der Waals surface area contributed by atoms with Crippen molar-refractivity contribution in [2.75, 3.05) is 0 Å². The van der Waals surface area contributed by atoms with E-state index in [1.807, 2.05) is 19.1 Å². The maximum atomic E-state index is 13.5. The maximum Gasteiger partial charge on any atom is 0.220 e. The Kier molecular flexibility index (Phi) is 4.76. The molecule has 1 N–H and O–H groups in total. The molecule has 27 heavy (non-hydrogen) atoms. The molecular weight excluding hydrogens is 345 g/mol.